The van der Waals surface area contributed by atoms with E-state index >= 15 is 0 Å². The lowest BCUT2D eigenvalue weighted by molar-refractivity contribution is -0.135. The Morgan fingerprint density at radius 2 is 1.86 bits per heavy atom. The van der Waals surface area contributed by atoms with Crippen LogP contribution in [0, 0.1) is 5.92 Å². The van der Waals surface area contributed by atoms with Crippen molar-refractivity contribution in [1.82, 2.24) is 4.31 Å². The van der Waals surface area contributed by atoms with E-state index < -0.39 is 26.0 Å². The third-order valence-electron chi connectivity index (χ3n) is 4.89. The van der Waals surface area contributed by atoms with Gasteiger partial charge in [-0.25, -0.2) is 16.8 Å². The summed E-state index contributed by atoms with van der Waals surface area (Å²) in [5.74, 6) is 0.366. The normalized spacial score (nSPS) is 21.4. The van der Waals surface area contributed by atoms with Crippen LogP contribution in [0.5, 0.6) is 5.75 Å². The van der Waals surface area contributed by atoms with Crippen molar-refractivity contribution in [2.24, 2.45) is 5.92 Å². The molecule has 0 spiro atoms. The largest absolute Gasteiger partial charge is 0.493 e. The Balaban J connectivity index is 1.62. The van der Waals surface area contributed by atoms with Crippen molar-refractivity contribution in [2.45, 2.75) is 30.8 Å². The van der Waals surface area contributed by atoms with Crippen molar-refractivity contribution in [3.8, 4) is 5.75 Å². The van der Waals surface area contributed by atoms with E-state index in [4.69, 9.17) is 9.47 Å². The van der Waals surface area contributed by atoms with Crippen molar-refractivity contribution < 1.29 is 31.1 Å². The molecule has 10 heteroatoms. The summed E-state index contributed by atoms with van der Waals surface area (Å²) < 4.78 is 60.8. The maximum Gasteiger partial charge on any atom is 0.243 e. The number of Topliss-reactive ketones (excluding diaryl/α,β-unsaturated/α-hetero) is 1. The predicted octanol–water partition coefficient (Wildman–Crippen LogP) is 0.869. The van der Waals surface area contributed by atoms with Crippen molar-refractivity contribution in [3.63, 3.8) is 0 Å². The van der Waals surface area contributed by atoms with E-state index in [1.807, 2.05) is 0 Å². The number of rotatable bonds is 9. The van der Waals surface area contributed by atoms with E-state index in [1.54, 1.807) is 6.92 Å². The molecule has 1 heterocycles. The summed E-state index contributed by atoms with van der Waals surface area (Å²) in [6, 6.07) is 5.84. The average molecular weight is 432 g/mol. The second-order valence-corrected chi connectivity index (χ2v) is 11.4. The van der Waals surface area contributed by atoms with E-state index in [2.05, 4.69) is 0 Å². The van der Waals surface area contributed by atoms with Gasteiger partial charge in [-0.05, 0) is 37.1 Å². The van der Waals surface area contributed by atoms with E-state index in [9.17, 15) is 21.6 Å². The number of hydrogen-bond acceptors (Lipinski definition) is 7. The van der Waals surface area contributed by atoms with Gasteiger partial charge in [0.15, 0.2) is 15.6 Å². The van der Waals surface area contributed by atoms with E-state index in [0.29, 0.717) is 5.75 Å². The molecule has 1 saturated heterocycles. The van der Waals surface area contributed by atoms with Crippen LogP contribution in [-0.4, -0.2) is 70.8 Å². The second kappa shape index (κ2) is 8.48. The average Bonchev–Trinajstić information content (AvgIpc) is 3.53. The molecule has 0 unspecified atom stereocenters. The fraction of sp³-hybridized carbons (Fsp3) is 0.611. The number of nitrogens with zero attached hydrogens (tertiary/aromatic N) is 1. The van der Waals surface area contributed by atoms with Gasteiger partial charge in [0.25, 0.3) is 0 Å². The number of sulfonamides is 1. The Hall–Kier alpha value is -1.49. The number of ketones is 1. The van der Waals surface area contributed by atoms with Crippen LogP contribution in [0.2, 0.25) is 0 Å². The number of morpholine rings is 1. The van der Waals surface area contributed by atoms with Gasteiger partial charge in [-0.15, -0.1) is 0 Å². The summed E-state index contributed by atoms with van der Waals surface area (Å²) in [6.07, 6.45) is 1.01. The Labute approximate surface area is 165 Å². The summed E-state index contributed by atoms with van der Waals surface area (Å²) in [6.45, 7) is 2.00. The Bertz CT molecular complexity index is 906. The van der Waals surface area contributed by atoms with Gasteiger partial charge in [0, 0.05) is 24.8 Å². The second-order valence-electron chi connectivity index (χ2n) is 6.96. The summed E-state index contributed by atoms with van der Waals surface area (Å²) >= 11 is 0. The minimum Gasteiger partial charge on any atom is -0.493 e. The van der Waals surface area contributed by atoms with Gasteiger partial charge in [0.2, 0.25) is 10.0 Å². The van der Waals surface area contributed by atoms with Gasteiger partial charge in [-0.1, -0.05) is 6.92 Å². The zero-order valence-corrected chi connectivity index (χ0v) is 17.4. The molecule has 2 aliphatic rings. The van der Waals surface area contributed by atoms with Crippen LogP contribution in [0.4, 0.5) is 0 Å². The lowest BCUT2D eigenvalue weighted by Gasteiger charge is -2.31. The quantitative estimate of drug-likeness (QED) is 0.571. The molecule has 156 valence electrons. The molecule has 3 rings (SSSR count). The molecular formula is C18H25NO7S2. The summed E-state index contributed by atoms with van der Waals surface area (Å²) in [5, 5.41) is 0. The van der Waals surface area contributed by atoms with Crippen molar-refractivity contribution in [2.75, 3.05) is 37.8 Å². The van der Waals surface area contributed by atoms with Gasteiger partial charge in [0.05, 0.1) is 17.3 Å². The van der Waals surface area contributed by atoms with Crippen molar-refractivity contribution in [3.05, 3.63) is 24.3 Å². The van der Waals surface area contributed by atoms with Crippen molar-refractivity contribution >= 4 is 25.6 Å². The lowest BCUT2D eigenvalue weighted by atomic mass is 10.1. The zero-order chi connectivity index (χ0) is 20.4. The standard InChI is InChI=1S/C18H25NO7S2/c1-2-27(21,22)12-11-25-15-5-7-16(8-6-15)28(23,24)19-9-10-26-17(13-19)18(20)14-3-4-14/h5-8,14,17H,2-4,9-13H2,1H3/t17-/m0/s1. The van der Waals surface area contributed by atoms with Gasteiger partial charge in [-0.2, -0.15) is 4.31 Å². The topological polar surface area (TPSA) is 107 Å². The molecule has 1 aliphatic heterocycles. The molecule has 2 fully saturated rings. The molecule has 0 N–H and O–H groups in total. The Morgan fingerprint density at radius 3 is 2.46 bits per heavy atom. The van der Waals surface area contributed by atoms with Gasteiger partial charge >= 0.3 is 0 Å². The number of hydrogen-bond donors (Lipinski definition) is 0. The first-order valence-corrected chi connectivity index (χ1v) is 12.6. The first kappa shape index (κ1) is 21.2. The number of carbonyl (C=O) groups is 1. The molecule has 1 aromatic carbocycles. The maximum absolute atomic E-state index is 12.9. The van der Waals surface area contributed by atoms with E-state index in [0.717, 1.165) is 12.8 Å². The number of sulfone groups is 1. The number of carbonyl (C=O) groups excluding carboxylic acids is 1. The predicted molar refractivity (Wildman–Crippen MR) is 102 cm³/mol. The molecule has 0 amide bonds. The molecule has 0 radical (unpaired) electrons. The highest BCUT2D eigenvalue weighted by Gasteiger charge is 2.40. The highest BCUT2D eigenvalue weighted by atomic mass is 32.2. The van der Waals surface area contributed by atoms with Gasteiger partial charge in [0.1, 0.15) is 18.5 Å². The Kier molecular flexibility index (Phi) is 6.43. The highest BCUT2D eigenvalue weighted by Crippen LogP contribution is 2.32. The SMILES string of the molecule is CCS(=O)(=O)CCOc1ccc(S(=O)(=O)N2CCO[C@H](C(=O)C3CC3)C2)cc1. The first-order valence-electron chi connectivity index (χ1n) is 9.32. The van der Waals surface area contributed by atoms with E-state index in [1.165, 1.54) is 28.6 Å². The van der Waals surface area contributed by atoms with Crippen LogP contribution in [0.1, 0.15) is 19.8 Å². The monoisotopic (exact) mass is 431 g/mol. The fourth-order valence-electron chi connectivity index (χ4n) is 2.93. The highest BCUT2D eigenvalue weighted by molar-refractivity contribution is 7.91. The molecule has 0 bridgehead atoms. The molecule has 1 saturated carbocycles. The summed E-state index contributed by atoms with van der Waals surface area (Å²) in [4.78, 5) is 12.3. The minimum atomic E-state index is -3.75. The molecule has 1 aromatic rings. The lowest BCUT2D eigenvalue weighted by Crippen LogP contribution is -2.48. The molecular weight excluding hydrogens is 406 g/mol. The third kappa shape index (κ3) is 5.11. The fourth-order valence-corrected chi connectivity index (χ4v) is 4.99. The van der Waals surface area contributed by atoms with Crippen LogP contribution in [0.25, 0.3) is 0 Å². The smallest absolute Gasteiger partial charge is 0.243 e. The molecule has 0 aromatic heterocycles. The number of benzene rings is 1. The molecule has 1 aliphatic carbocycles. The molecule has 8 nitrogen and oxygen atoms in total. The van der Waals surface area contributed by atoms with Crippen molar-refractivity contribution in [1.29, 1.82) is 0 Å². The van der Waals surface area contributed by atoms with Crippen LogP contribution in [0.3, 0.4) is 0 Å². The number of ether oxygens (including phenoxy) is 2. The minimum absolute atomic E-state index is 0.00863. The van der Waals surface area contributed by atoms with Crippen LogP contribution in [-0.2, 0) is 29.4 Å². The third-order valence-corrected chi connectivity index (χ3v) is 8.44. The van der Waals surface area contributed by atoms with Crippen LogP contribution >= 0.6 is 0 Å². The summed E-state index contributed by atoms with van der Waals surface area (Å²) in [5.41, 5.74) is 0. The molecule has 1 atom stereocenters. The first-order chi connectivity index (χ1) is 13.2. The maximum atomic E-state index is 12.9. The summed E-state index contributed by atoms with van der Waals surface area (Å²) in [7, 11) is -6.87. The van der Waals surface area contributed by atoms with Crippen LogP contribution in [0.15, 0.2) is 29.2 Å². The van der Waals surface area contributed by atoms with Gasteiger partial charge in [-0.3, -0.25) is 4.79 Å². The van der Waals surface area contributed by atoms with E-state index in [-0.39, 0.29) is 54.4 Å². The van der Waals surface area contributed by atoms with Gasteiger partial charge < -0.3 is 9.47 Å². The zero-order valence-electron chi connectivity index (χ0n) is 15.7. The van der Waals surface area contributed by atoms with Crippen LogP contribution < -0.4 is 4.74 Å². The molecule has 28 heavy (non-hydrogen) atoms. The Morgan fingerprint density at radius 1 is 1.18 bits per heavy atom.